The number of aromatic nitrogens is 4. The molecule has 4 aromatic rings. The van der Waals surface area contributed by atoms with Crippen LogP contribution in [0.25, 0.3) is 32.9 Å². The minimum atomic E-state index is 0.159. The molecule has 2 N–H and O–H groups in total. The van der Waals surface area contributed by atoms with Crippen molar-refractivity contribution in [1.82, 2.24) is 30.4 Å². The summed E-state index contributed by atoms with van der Waals surface area (Å²) in [7, 11) is 2.16. The summed E-state index contributed by atoms with van der Waals surface area (Å²) in [4.78, 5) is 14.9. The second-order valence-electron chi connectivity index (χ2n) is 11.9. The number of anilines is 1. The van der Waals surface area contributed by atoms with Gasteiger partial charge in [0.1, 0.15) is 17.9 Å². The molecule has 0 spiro atoms. The maximum absolute atomic E-state index is 7.21. The Morgan fingerprint density at radius 1 is 1.12 bits per heavy atom. The number of piperazine rings is 1. The SMILES string of the molecule is Cc1ccc2[nH]ncc2c1-c1c(Cl)cc2c(N3CC4CC3CN4)nc(OCC3CCCN3C)nc2c1OC1CC1. The molecule has 9 nitrogen and oxygen atoms in total. The Balaban J connectivity index is 1.34. The summed E-state index contributed by atoms with van der Waals surface area (Å²) in [6.45, 7) is 5.64. The van der Waals surface area contributed by atoms with Gasteiger partial charge in [-0.15, -0.1) is 0 Å². The number of halogens is 1. The second kappa shape index (κ2) is 9.46. The lowest BCUT2D eigenvalue weighted by Gasteiger charge is -2.30. The fraction of sp³-hybridized carbons (Fsp3) is 0.500. The Hall–Kier alpha value is -3.14. The van der Waals surface area contributed by atoms with Gasteiger partial charge in [-0.2, -0.15) is 15.1 Å². The van der Waals surface area contributed by atoms with Crippen LogP contribution in [0.5, 0.6) is 11.8 Å². The van der Waals surface area contributed by atoms with Gasteiger partial charge >= 0.3 is 6.01 Å². The Kier molecular flexibility index (Phi) is 5.83. The fourth-order valence-electron chi connectivity index (χ4n) is 6.79. The van der Waals surface area contributed by atoms with Crippen molar-refractivity contribution in [3.63, 3.8) is 0 Å². The molecule has 2 aromatic heterocycles. The summed E-state index contributed by atoms with van der Waals surface area (Å²) in [5.74, 6) is 1.61. The quantitative estimate of drug-likeness (QED) is 0.337. The topological polar surface area (TPSA) is 91.4 Å². The number of fused-ring (bicyclic) bond motifs is 4. The number of aryl methyl sites for hydroxylation is 1. The first kappa shape index (κ1) is 24.6. The molecule has 1 aliphatic carbocycles. The van der Waals surface area contributed by atoms with Gasteiger partial charge in [0.05, 0.1) is 22.8 Å². The molecule has 3 unspecified atom stereocenters. The number of rotatable bonds is 7. The van der Waals surface area contributed by atoms with Gasteiger partial charge in [0.2, 0.25) is 0 Å². The average molecular weight is 560 g/mol. The Bertz CT molecular complexity index is 1620. The summed E-state index contributed by atoms with van der Waals surface area (Å²) < 4.78 is 13.1. The van der Waals surface area contributed by atoms with E-state index in [2.05, 4.69) is 51.4 Å². The van der Waals surface area contributed by atoms with E-state index in [1.54, 1.807) is 0 Å². The van der Waals surface area contributed by atoms with Crippen molar-refractivity contribution in [1.29, 1.82) is 0 Å². The zero-order chi connectivity index (χ0) is 27.0. The van der Waals surface area contributed by atoms with E-state index in [0.29, 0.717) is 35.8 Å². The van der Waals surface area contributed by atoms with Crippen molar-refractivity contribution >= 4 is 39.2 Å². The minimum Gasteiger partial charge on any atom is -0.487 e. The molecule has 3 atom stereocenters. The molecule has 3 aliphatic heterocycles. The van der Waals surface area contributed by atoms with Crippen LogP contribution >= 0.6 is 11.6 Å². The number of nitrogens with zero attached hydrogens (tertiary/aromatic N) is 5. The number of H-pyrrole nitrogens is 1. The van der Waals surface area contributed by atoms with Crippen molar-refractivity contribution in [3.8, 4) is 22.9 Å². The van der Waals surface area contributed by atoms with Crippen molar-refractivity contribution in [3.05, 3.63) is 35.0 Å². The lowest BCUT2D eigenvalue weighted by molar-refractivity contribution is 0.188. The summed E-state index contributed by atoms with van der Waals surface area (Å²) in [6, 6.07) is 7.84. The smallest absolute Gasteiger partial charge is 0.319 e. The molecular weight excluding hydrogens is 526 g/mol. The molecule has 5 heterocycles. The first-order valence-corrected chi connectivity index (χ1v) is 14.9. The number of hydrogen-bond acceptors (Lipinski definition) is 8. The van der Waals surface area contributed by atoms with Crippen LogP contribution in [0, 0.1) is 6.92 Å². The Morgan fingerprint density at radius 3 is 2.77 bits per heavy atom. The van der Waals surface area contributed by atoms with E-state index in [-0.39, 0.29) is 6.10 Å². The van der Waals surface area contributed by atoms with Crippen LogP contribution in [0.3, 0.4) is 0 Å². The summed E-state index contributed by atoms with van der Waals surface area (Å²) in [5, 5.41) is 13.6. The molecule has 0 amide bonds. The molecule has 208 valence electrons. The minimum absolute atomic E-state index is 0.159. The van der Waals surface area contributed by atoms with E-state index in [1.807, 2.05) is 12.3 Å². The van der Waals surface area contributed by atoms with Gasteiger partial charge in [-0.05, 0) is 70.3 Å². The predicted octanol–water partition coefficient (Wildman–Crippen LogP) is 4.70. The first-order chi connectivity index (χ1) is 19.5. The van der Waals surface area contributed by atoms with Gasteiger partial charge < -0.3 is 24.6 Å². The van der Waals surface area contributed by atoms with Crippen LogP contribution < -0.4 is 19.7 Å². The third kappa shape index (κ3) is 4.09. The molecule has 0 radical (unpaired) electrons. The maximum atomic E-state index is 7.21. The number of nitrogens with one attached hydrogen (secondary N) is 2. The van der Waals surface area contributed by atoms with Gasteiger partial charge in [-0.3, -0.25) is 5.10 Å². The zero-order valence-corrected chi connectivity index (χ0v) is 23.7. The van der Waals surface area contributed by atoms with Crippen molar-refractivity contribution in [2.45, 2.75) is 63.3 Å². The van der Waals surface area contributed by atoms with Gasteiger partial charge in [0.15, 0.2) is 5.75 Å². The largest absolute Gasteiger partial charge is 0.487 e. The molecule has 2 aromatic carbocycles. The molecule has 8 rings (SSSR count). The van der Waals surface area contributed by atoms with E-state index >= 15 is 0 Å². The second-order valence-corrected chi connectivity index (χ2v) is 12.3. The highest BCUT2D eigenvalue weighted by Crippen LogP contribution is 2.49. The molecular formula is C30H34ClN7O2. The lowest BCUT2D eigenvalue weighted by Crippen LogP contribution is -2.44. The van der Waals surface area contributed by atoms with E-state index in [0.717, 1.165) is 95.4 Å². The number of hydrogen-bond donors (Lipinski definition) is 2. The van der Waals surface area contributed by atoms with Gasteiger partial charge in [0.25, 0.3) is 0 Å². The molecule has 4 aliphatic rings. The summed E-state index contributed by atoms with van der Waals surface area (Å²) in [6.07, 6.45) is 7.52. The van der Waals surface area contributed by atoms with Crippen LogP contribution in [0.2, 0.25) is 5.02 Å². The molecule has 1 saturated carbocycles. The highest BCUT2D eigenvalue weighted by atomic mass is 35.5. The summed E-state index contributed by atoms with van der Waals surface area (Å²) in [5.41, 5.74) is 4.72. The van der Waals surface area contributed by atoms with Crippen LogP contribution in [0.4, 0.5) is 5.82 Å². The number of aromatic amines is 1. The Morgan fingerprint density at radius 2 is 2.02 bits per heavy atom. The zero-order valence-electron chi connectivity index (χ0n) is 22.9. The number of ether oxygens (including phenoxy) is 2. The van der Waals surface area contributed by atoms with Gasteiger partial charge in [0, 0.05) is 53.1 Å². The van der Waals surface area contributed by atoms with Gasteiger partial charge in [-0.25, -0.2) is 0 Å². The maximum Gasteiger partial charge on any atom is 0.319 e. The van der Waals surface area contributed by atoms with Crippen LogP contribution in [0.1, 0.15) is 37.7 Å². The first-order valence-electron chi connectivity index (χ1n) is 14.5. The molecule has 40 heavy (non-hydrogen) atoms. The third-order valence-electron chi connectivity index (χ3n) is 9.15. The average Bonchev–Trinajstić information content (AvgIpc) is 3.34. The van der Waals surface area contributed by atoms with Crippen molar-refractivity contribution in [2.24, 2.45) is 0 Å². The van der Waals surface area contributed by atoms with Gasteiger partial charge in [-0.1, -0.05) is 17.7 Å². The van der Waals surface area contributed by atoms with Crippen LogP contribution in [-0.2, 0) is 0 Å². The van der Waals surface area contributed by atoms with Crippen LogP contribution in [-0.4, -0.2) is 82.6 Å². The van der Waals surface area contributed by atoms with E-state index in [4.69, 9.17) is 31.0 Å². The molecule has 4 fully saturated rings. The predicted molar refractivity (Wildman–Crippen MR) is 157 cm³/mol. The normalized spacial score (nSPS) is 24.6. The van der Waals surface area contributed by atoms with Crippen molar-refractivity contribution in [2.75, 3.05) is 38.2 Å². The van der Waals surface area contributed by atoms with Crippen molar-refractivity contribution < 1.29 is 9.47 Å². The highest BCUT2D eigenvalue weighted by Gasteiger charge is 2.40. The lowest BCUT2D eigenvalue weighted by atomic mass is 9.94. The van der Waals surface area contributed by atoms with Crippen LogP contribution in [0.15, 0.2) is 24.4 Å². The molecule has 2 bridgehead atoms. The fourth-order valence-corrected chi connectivity index (χ4v) is 7.08. The number of likely N-dealkylation sites (tertiary alicyclic amines) is 1. The summed E-state index contributed by atoms with van der Waals surface area (Å²) >= 11 is 7.21. The standard InChI is InChI=1S/C30H34ClN7O2/c1-16-5-8-24-22(13-33-36-24)25(16)26-23(31)11-21-27(28(26)40-20-6-7-20)34-30(39-15-18-4-3-9-37(18)2)35-29(21)38-14-17-10-19(38)12-32-17/h5,8,11,13,17-20,32H,3-4,6-7,9-10,12,14-15H2,1-2H3,(H,33,36). The molecule has 10 heteroatoms. The monoisotopic (exact) mass is 559 g/mol. The number of likely N-dealkylation sites (N-methyl/N-ethyl adjacent to an activating group) is 1. The highest BCUT2D eigenvalue weighted by molar-refractivity contribution is 6.35. The van der Waals surface area contributed by atoms with E-state index in [1.165, 1.54) is 6.42 Å². The molecule has 3 saturated heterocycles. The van der Waals surface area contributed by atoms with E-state index < -0.39 is 0 Å². The third-order valence-corrected chi connectivity index (χ3v) is 9.45. The van der Waals surface area contributed by atoms with E-state index in [9.17, 15) is 0 Å². The Labute approximate surface area is 238 Å². The number of benzene rings is 2.